The monoisotopic (exact) mass is 341 g/mol. The zero-order chi connectivity index (χ0) is 17.7. The molecule has 1 atom stereocenters. The molecule has 1 aromatic rings. The van der Waals surface area contributed by atoms with Crippen molar-refractivity contribution < 1.29 is 13.2 Å². The van der Waals surface area contributed by atoms with Crippen LogP contribution < -0.4 is 11.1 Å². The zero-order valence-electron chi connectivity index (χ0n) is 14.2. The largest absolute Gasteiger partial charge is 0.349 e. The van der Waals surface area contributed by atoms with Crippen LogP contribution in [-0.4, -0.2) is 44.3 Å². The van der Waals surface area contributed by atoms with E-state index in [-0.39, 0.29) is 17.3 Å². The van der Waals surface area contributed by atoms with Gasteiger partial charge in [0.2, 0.25) is 15.9 Å². The minimum atomic E-state index is -3.68. The lowest BCUT2D eigenvalue weighted by molar-refractivity contribution is -0.123. The number of nitrogens with zero attached hydrogens (tertiary/aromatic N) is 1. The third-order valence-electron chi connectivity index (χ3n) is 3.57. The van der Waals surface area contributed by atoms with Crippen LogP contribution in [0.25, 0.3) is 0 Å². The summed E-state index contributed by atoms with van der Waals surface area (Å²) in [5.41, 5.74) is 5.23. The Bertz CT molecular complexity index is 617. The van der Waals surface area contributed by atoms with E-state index < -0.39 is 15.6 Å². The van der Waals surface area contributed by atoms with Gasteiger partial charge in [0.05, 0.1) is 11.4 Å². The highest BCUT2D eigenvalue weighted by Crippen LogP contribution is 2.16. The Morgan fingerprint density at radius 3 is 2.35 bits per heavy atom. The lowest BCUT2D eigenvalue weighted by Gasteiger charge is -2.32. The first-order chi connectivity index (χ1) is 10.6. The third kappa shape index (κ3) is 5.60. The van der Waals surface area contributed by atoms with Gasteiger partial charge in [-0.05, 0) is 31.4 Å². The quantitative estimate of drug-likeness (QED) is 0.743. The fourth-order valence-corrected chi connectivity index (χ4v) is 3.67. The summed E-state index contributed by atoms with van der Waals surface area (Å²) >= 11 is 0. The molecule has 0 saturated heterocycles. The lowest BCUT2D eigenvalue weighted by atomic mass is 9.91. The van der Waals surface area contributed by atoms with Gasteiger partial charge in [0.25, 0.3) is 0 Å². The highest BCUT2D eigenvalue weighted by Gasteiger charge is 2.28. The SMILES string of the molecule is CC(C)CC(C)(CN)NC(=O)CN(C)S(=O)(=O)c1ccccc1. The summed E-state index contributed by atoms with van der Waals surface area (Å²) in [6.07, 6.45) is 0.727. The topological polar surface area (TPSA) is 92.5 Å². The fourth-order valence-electron chi connectivity index (χ4n) is 2.52. The summed E-state index contributed by atoms with van der Waals surface area (Å²) in [5.74, 6) is 0.00948. The standard InChI is InChI=1S/C16H27N3O3S/c1-13(2)10-16(3,12-17)18-15(20)11-19(4)23(21,22)14-8-6-5-7-9-14/h5-9,13H,10-12,17H2,1-4H3,(H,18,20). The summed E-state index contributed by atoms with van der Waals surface area (Å²) in [6.45, 7) is 6.02. The van der Waals surface area contributed by atoms with Crippen LogP contribution in [0.5, 0.6) is 0 Å². The Balaban J connectivity index is 2.77. The van der Waals surface area contributed by atoms with E-state index in [2.05, 4.69) is 5.32 Å². The average Bonchev–Trinajstić information content (AvgIpc) is 2.46. The second kappa shape index (κ2) is 7.90. The molecule has 1 aromatic carbocycles. The van der Waals surface area contributed by atoms with Crippen molar-refractivity contribution >= 4 is 15.9 Å². The van der Waals surface area contributed by atoms with Crippen LogP contribution in [0.15, 0.2) is 35.2 Å². The van der Waals surface area contributed by atoms with Gasteiger partial charge < -0.3 is 11.1 Å². The molecule has 130 valence electrons. The second-order valence-corrected chi connectivity index (χ2v) is 8.53. The second-order valence-electron chi connectivity index (χ2n) is 6.49. The van der Waals surface area contributed by atoms with Crippen molar-refractivity contribution in [2.24, 2.45) is 11.7 Å². The van der Waals surface area contributed by atoms with Crippen LogP contribution in [0, 0.1) is 5.92 Å². The molecule has 23 heavy (non-hydrogen) atoms. The summed E-state index contributed by atoms with van der Waals surface area (Å²) in [5, 5.41) is 2.86. The number of benzene rings is 1. The molecular weight excluding hydrogens is 314 g/mol. The molecule has 1 unspecified atom stereocenters. The molecule has 0 saturated carbocycles. The highest BCUT2D eigenvalue weighted by molar-refractivity contribution is 7.89. The van der Waals surface area contributed by atoms with Crippen LogP contribution in [0.3, 0.4) is 0 Å². The van der Waals surface area contributed by atoms with E-state index in [0.29, 0.717) is 12.5 Å². The Hall–Kier alpha value is -1.44. The molecule has 0 aromatic heterocycles. The maximum absolute atomic E-state index is 12.4. The normalized spacial score (nSPS) is 14.7. The van der Waals surface area contributed by atoms with Crippen molar-refractivity contribution in [2.75, 3.05) is 20.1 Å². The fraction of sp³-hybridized carbons (Fsp3) is 0.562. The van der Waals surface area contributed by atoms with Crippen molar-refractivity contribution in [2.45, 2.75) is 37.6 Å². The van der Waals surface area contributed by atoms with Crippen molar-refractivity contribution in [3.8, 4) is 0 Å². The number of hydrogen-bond acceptors (Lipinski definition) is 4. The molecule has 0 fully saturated rings. The van der Waals surface area contributed by atoms with Crippen LogP contribution >= 0.6 is 0 Å². The predicted octanol–water partition coefficient (Wildman–Crippen LogP) is 1.19. The third-order valence-corrected chi connectivity index (χ3v) is 5.39. The maximum atomic E-state index is 12.4. The maximum Gasteiger partial charge on any atom is 0.243 e. The first kappa shape index (κ1) is 19.6. The molecule has 0 heterocycles. The minimum absolute atomic E-state index is 0.166. The first-order valence-corrected chi connectivity index (χ1v) is 9.07. The number of carbonyl (C=O) groups excluding carboxylic acids is 1. The van der Waals surface area contributed by atoms with Gasteiger partial charge in [0, 0.05) is 19.1 Å². The molecular formula is C16H27N3O3S. The first-order valence-electron chi connectivity index (χ1n) is 7.63. The van der Waals surface area contributed by atoms with Gasteiger partial charge in [-0.3, -0.25) is 4.79 Å². The van der Waals surface area contributed by atoms with Gasteiger partial charge in [-0.2, -0.15) is 4.31 Å². The van der Waals surface area contributed by atoms with E-state index >= 15 is 0 Å². The van der Waals surface area contributed by atoms with Crippen molar-refractivity contribution in [3.05, 3.63) is 30.3 Å². The summed E-state index contributed by atoms with van der Waals surface area (Å²) in [7, 11) is -2.29. The number of amides is 1. The van der Waals surface area contributed by atoms with Gasteiger partial charge in [-0.25, -0.2) is 8.42 Å². The molecule has 7 heteroatoms. The molecule has 1 rings (SSSR count). The Labute approximate surface area is 139 Å². The van der Waals surface area contributed by atoms with Crippen LogP contribution in [0.4, 0.5) is 0 Å². The number of sulfonamides is 1. The smallest absolute Gasteiger partial charge is 0.243 e. The number of nitrogens with one attached hydrogen (secondary N) is 1. The molecule has 3 N–H and O–H groups in total. The van der Waals surface area contributed by atoms with Crippen LogP contribution in [-0.2, 0) is 14.8 Å². The molecule has 0 radical (unpaired) electrons. The molecule has 6 nitrogen and oxygen atoms in total. The molecule has 0 aliphatic carbocycles. The van der Waals surface area contributed by atoms with Gasteiger partial charge in [0.1, 0.15) is 0 Å². The Morgan fingerprint density at radius 1 is 1.30 bits per heavy atom. The van der Waals surface area contributed by atoms with Crippen molar-refractivity contribution in [1.29, 1.82) is 0 Å². The number of likely N-dealkylation sites (N-methyl/N-ethyl adjacent to an activating group) is 1. The van der Waals surface area contributed by atoms with Gasteiger partial charge >= 0.3 is 0 Å². The minimum Gasteiger partial charge on any atom is -0.349 e. The molecule has 0 spiro atoms. The highest BCUT2D eigenvalue weighted by atomic mass is 32.2. The molecule has 1 amide bonds. The summed E-state index contributed by atoms with van der Waals surface area (Å²) in [4.78, 5) is 12.4. The van der Waals surface area contributed by atoms with E-state index in [9.17, 15) is 13.2 Å². The number of nitrogens with two attached hydrogens (primary N) is 1. The van der Waals surface area contributed by atoms with Crippen molar-refractivity contribution in [3.63, 3.8) is 0 Å². The molecule has 0 aliphatic rings. The van der Waals surface area contributed by atoms with Gasteiger partial charge in [0.15, 0.2) is 0 Å². The molecule has 0 bridgehead atoms. The summed E-state index contributed by atoms with van der Waals surface area (Å²) < 4.78 is 25.8. The van der Waals surface area contributed by atoms with E-state index in [1.54, 1.807) is 18.2 Å². The van der Waals surface area contributed by atoms with Crippen LogP contribution in [0.2, 0.25) is 0 Å². The van der Waals surface area contributed by atoms with E-state index in [0.717, 1.165) is 10.7 Å². The lowest BCUT2D eigenvalue weighted by Crippen LogP contribution is -2.54. The Kier molecular flexibility index (Phi) is 6.73. The van der Waals surface area contributed by atoms with Gasteiger partial charge in [-0.15, -0.1) is 0 Å². The van der Waals surface area contributed by atoms with Gasteiger partial charge in [-0.1, -0.05) is 32.0 Å². The van der Waals surface area contributed by atoms with Crippen molar-refractivity contribution in [1.82, 2.24) is 9.62 Å². The average molecular weight is 341 g/mol. The summed E-state index contributed by atoms with van der Waals surface area (Å²) in [6, 6.07) is 8.05. The zero-order valence-corrected chi connectivity index (χ0v) is 15.1. The van der Waals surface area contributed by atoms with E-state index in [1.165, 1.54) is 19.2 Å². The van der Waals surface area contributed by atoms with Crippen LogP contribution in [0.1, 0.15) is 27.2 Å². The molecule has 0 aliphatic heterocycles. The number of rotatable bonds is 8. The number of carbonyl (C=O) groups is 1. The van der Waals surface area contributed by atoms with E-state index in [4.69, 9.17) is 5.73 Å². The predicted molar refractivity (Wildman–Crippen MR) is 91.3 cm³/mol. The number of hydrogen-bond donors (Lipinski definition) is 2. The van der Waals surface area contributed by atoms with E-state index in [1.807, 2.05) is 20.8 Å². The Morgan fingerprint density at radius 2 is 1.87 bits per heavy atom.